The van der Waals surface area contributed by atoms with E-state index in [2.05, 4.69) is 27.4 Å². The molecule has 2 fully saturated rings. The zero-order valence-electron chi connectivity index (χ0n) is 19.2. The van der Waals surface area contributed by atoms with Crippen molar-refractivity contribution in [3.63, 3.8) is 0 Å². The second-order valence-electron chi connectivity index (χ2n) is 9.88. The summed E-state index contributed by atoms with van der Waals surface area (Å²) in [7, 11) is 1.98. The van der Waals surface area contributed by atoms with Gasteiger partial charge >= 0.3 is 0 Å². The van der Waals surface area contributed by atoms with Crippen LogP contribution in [-0.4, -0.2) is 47.8 Å². The molecule has 1 amide bonds. The molecule has 2 aliphatic carbocycles. The standard InChI is InChI=1S/C24H43NO3/c1-9-11-12-20(28-10-2)16(3)22(27)25(8)21-15-19-13-14-24(21,23(19,6)7)17(4)18(5)26/h9,16-21,26H,1,10-15H2,2-8H3/t16-,17-,18+,19?,20-,21+,24+/m1/s1. The minimum absolute atomic E-state index is 0.0296. The lowest BCUT2D eigenvalue weighted by Crippen LogP contribution is -2.56. The molecule has 0 aromatic heterocycles. The van der Waals surface area contributed by atoms with E-state index in [1.54, 1.807) is 0 Å². The quantitative estimate of drug-likeness (QED) is 0.549. The molecule has 7 atom stereocenters. The predicted molar refractivity (Wildman–Crippen MR) is 115 cm³/mol. The van der Waals surface area contributed by atoms with Gasteiger partial charge < -0.3 is 14.7 Å². The van der Waals surface area contributed by atoms with Crippen molar-refractivity contribution in [2.24, 2.45) is 28.6 Å². The molecule has 2 bridgehead atoms. The molecule has 1 unspecified atom stereocenters. The lowest BCUT2D eigenvalue weighted by molar-refractivity contribution is -0.147. The number of rotatable bonds is 10. The van der Waals surface area contributed by atoms with Crippen LogP contribution in [0.15, 0.2) is 12.7 Å². The molecule has 2 aliphatic rings. The Balaban J connectivity index is 2.27. The number of allylic oxidation sites excluding steroid dienone is 1. The van der Waals surface area contributed by atoms with E-state index in [9.17, 15) is 9.90 Å². The number of carbonyl (C=O) groups is 1. The van der Waals surface area contributed by atoms with Gasteiger partial charge in [-0.1, -0.05) is 33.8 Å². The molecule has 2 rings (SSSR count). The van der Waals surface area contributed by atoms with Crippen LogP contribution in [0.2, 0.25) is 0 Å². The molecular formula is C24H43NO3. The molecule has 162 valence electrons. The highest BCUT2D eigenvalue weighted by Crippen LogP contribution is 2.70. The van der Waals surface area contributed by atoms with E-state index in [0.29, 0.717) is 12.5 Å². The highest BCUT2D eigenvalue weighted by Gasteiger charge is 2.67. The molecule has 0 radical (unpaired) electrons. The van der Waals surface area contributed by atoms with Crippen LogP contribution in [-0.2, 0) is 9.53 Å². The summed E-state index contributed by atoms with van der Waals surface area (Å²) in [6.07, 6.45) is 6.48. The van der Waals surface area contributed by atoms with Gasteiger partial charge in [-0.3, -0.25) is 4.79 Å². The van der Waals surface area contributed by atoms with E-state index in [-0.39, 0.29) is 46.8 Å². The van der Waals surface area contributed by atoms with Crippen LogP contribution in [0.1, 0.15) is 73.6 Å². The lowest BCUT2D eigenvalue weighted by Gasteiger charge is -2.51. The van der Waals surface area contributed by atoms with Crippen LogP contribution >= 0.6 is 0 Å². The number of nitrogens with zero attached hydrogens (tertiary/aromatic N) is 1. The number of aliphatic hydroxyl groups is 1. The summed E-state index contributed by atoms with van der Waals surface area (Å²) in [4.78, 5) is 15.5. The monoisotopic (exact) mass is 393 g/mol. The van der Waals surface area contributed by atoms with Gasteiger partial charge in [0.1, 0.15) is 0 Å². The molecule has 1 N–H and O–H groups in total. The zero-order chi connectivity index (χ0) is 21.3. The first-order valence-electron chi connectivity index (χ1n) is 11.2. The number of carbonyl (C=O) groups excluding carboxylic acids is 1. The van der Waals surface area contributed by atoms with E-state index in [4.69, 9.17) is 4.74 Å². The SMILES string of the molecule is C=CCC[C@@H](OCC)[C@@H](C)C(=O)N(C)[C@H]1CC2CC[C@@]1([C@H](C)[C@H](C)O)C2(C)C. The van der Waals surface area contributed by atoms with Crippen LogP contribution < -0.4 is 0 Å². The van der Waals surface area contributed by atoms with Gasteiger partial charge in [-0.25, -0.2) is 0 Å². The number of ether oxygens (including phenoxy) is 1. The Kier molecular flexibility index (Phi) is 7.42. The van der Waals surface area contributed by atoms with E-state index < -0.39 is 0 Å². The number of hydrogen-bond donors (Lipinski definition) is 1. The van der Waals surface area contributed by atoms with Crippen molar-refractivity contribution in [3.05, 3.63) is 12.7 Å². The Morgan fingerprint density at radius 3 is 2.50 bits per heavy atom. The van der Waals surface area contributed by atoms with Gasteiger partial charge in [0.2, 0.25) is 5.91 Å². The van der Waals surface area contributed by atoms with Crippen LogP contribution in [0, 0.1) is 28.6 Å². The van der Waals surface area contributed by atoms with E-state index in [0.717, 1.165) is 25.7 Å². The maximum absolute atomic E-state index is 13.5. The van der Waals surface area contributed by atoms with Gasteiger partial charge in [-0.05, 0) is 63.2 Å². The maximum Gasteiger partial charge on any atom is 0.228 e. The van der Waals surface area contributed by atoms with Crippen molar-refractivity contribution in [3.8, 4) is 0 Å². The molecule has 0 saturated heterocycles. The van der Waals surface area contributed by atoms with Gasteiger partial charge in [0.15, 0.2) is 0 Å². The van der Waals surface area contributed by atoms with Crippen LogP contribution in [0.25, 0.3) is 0 Å². The third kappa shape index (κ3) is 3.67. The van der Waals surface area contributed by atoms with Gasteiger partial charge in [0.25, 0.3) is 0 Å². The first kappa shape index (κ1) is 23.4. The molecule has 28 heavy (non-hydrogen) atoms. The third-order valence-corrected chi connectivity index (χ3v) is 8.56. The number of amides is 1. The summed E-state index contributed by atoms with van der Waals surface area (Å²) >= 11 is 0. The van der Waals surface area contributed by atoms with Crippen molar-refractivity contribution in [1.29, 1.82) is 0 Å². The molecule has 4 heteroatoms. The number of fused-ring (bicyclic) bond motifs is 2. The Labute approximate surface area is 172 Å². The molecule has 0 aliphatic heterocycles. The summed E-state index contributed by atoms with van der Waals surface area (Å²) in [5.74, 6) is 0.779. The maximum atomic E-state index is 13.5. The van der Waals surface area contributed by atoms with Crippen molar-refractivity contribution in [2.45, 2.75) is 91.9 Å². The van der Waals surface area contributed by atoms with Crippen LogP contribution in [0.3, 0.4) is 0 Å². The van der Waals surface area contributed by atoms with Gasteiger partial charge in [-0.2, -0.15) is 0 Å². The van der Waals surface area contributed by atoms with E-state index in [1.165, 1.54) is 6.42 Å². The summed E-state index contributed by atoms with van der Waals surface area (Å²) in [6.45, 7) is 17.2. The second-order valence-corrected chi connectivity index (χ2v) is 9.88. The molecule has 2 saturated carbocycles. The largest absolute Gasteiger partial charge is 0.393 e. The Morgan fingerprint density at radius 1 is 1.36 bits per heavy atom. The van der Waals surface area contributed by atoms with Crippen molar-refractivity contribution in [2.75, 3.05) is 13.7 Å². The summed E-state index contributed by atoms with van der Waals surface area (Å²) < 4.78 is 5.92. The molecule has 0 heterocycles. The van der Waals surface area contributed by atoms with Gasteiger partial charge in [0.05, 0.1) is 18.1 Å². The lowest BCUT2D eigenvalue weighted by atomic mass is 9.59. The number of hydrogen-bond acceptors (Lipinski definition) is 3. The fourth-order valence-electron chi connectivity index (χ4n) is 6.62. The predicted octanol–water partition coefficient (Wildman–Crippen LogP) is 4.66. The molecule has 0 aromatic carbocycles. The van der Waals surface area contributed by atoms with Crippen LogP contribution in [0.5, 0.6) is 0 Å². The van der Waals surface area contributed by atoms with E-state index >= 15 is 0 Å². The fraction of sp³-hybridized carbons (Fsp3) is 0.875. The summed E-state index contributed by atoms with van der Waals surface area (Å²) in [6, 6.07) is 0.183. The van der Waals surface area contributed by atoms with Crippen molar-refractivity contribution in [1.82, 2.24) is 4.90 Å². The zero-order valence-corrected chi connectivity index (χ0v) is 19.2. The minimum atomic E-state index is -0.372. The summed E-state index contributed by atoms with van der Waals surface area (Å²) in [5.41, 5.74) is 0.103. The first-order chi connectivity index (χ1) is 13.1. The molecule has 4 nitrogen and oxygen atoms in total. The smallest absolute Gasteiger partial charge is 0.228 e. The normalized spacial score (nSPS) is 32.6. The third-order valence-electron chi connectivity index (χ3n) is 8.56. The van der Waals surface area contributed by atoms with Gasteiger partial charge in [-0.15, -0.1) is 6.58 Å². The summed E-state index contributed by atoms with van der Waals surface area (Å²) in [5, 5.41) is 10.5. The van der Waals surface area contributed by atoms with E-state index in [1.807, 2.05) is 38.8 Å². The van der Waals surface area contributed by atoms with Crippen LogP contribution in [0.4, 0.5) is 0 Å². The van der Waals surface area contributed by atoms with Crippen molar-refractivity contribution < 1.29 is 14.6 Å². The Morgan fingerprint density at radius 2 is 2.00 bits per heavy atom. The topological polar surface area (TPSA) is 49.8 Å². The minimum Gasteiger partial charge on any atom is -0.393 e. The Bertz CT molecular complexity index is 558. The first-order valence-corrected chi connectivity index (χ1v) is 11.2. The Hall–Kier alpha value is -0.870. The van der Waals surface area contributed by atoms with Gasteiger partial charge in [0, 0.05) is 25.1 Å². The number of aliphatic hydroxyl groups excluding tert-OH is 1. The molecule has 0 spiro atoms. The average Bonchev–Trinajstić information content (AvgIpc) is 3.05. The molecule has 0 aromatic rings. The highest BCUT2D eigenvalue weighted by molar-refractivity contribution is 5.79. The molecular weight excluding hydrogens is 350 g/mol. The van der Waals surface area contributed by atoms with Crippen molar-refractivity contribution >= 4 is 5.91 Å². The second kappa shape index (κ2) is 8.87. The fourth-order valence-corrected chi connectivity index (χ4v) is 6.62. The average molecular weight is 394 g/mol. The highest BCUT2D eigenvalue weighted by atomic mass is 16.5.